The summed E-state index contributed by atoms with van der Waals surface area (Å²) in [6.45, 7) is 0. The molecule has 0 radical (unpaired) electrons. The first-order valence-corrected chi connectivity index (χ1v) is 7.49. The summed E-state index contributed by atoms with van der Waals surface area (Å²) in [5.74, 6) is -0.0184. The van der Waals surface area contributed by atoms with Gasteiger partial charge in [-0.3, -0.25) is 9.80 Å². The van der Waals surface area contributed by atoms with Crippen LogP contribution in [0, 0.1) is 0 Å². The van der Waals surface area contributed by atoms with E-state index < -0.39 is 0 Å². The zero-order valence-corrected chi connectivity index (χ0v) is 13.5. The van der Waals surface area contributed by atoms with Crippen LogP contribution in [-0.2, 0) is 0 Å². The molecule has 1 atom stereocenters. The highest BCUT2D eigenvalue weighted by molar-refractivity contribution is 9.10. The monoisotopic (exact) mass is 345 g/mol. The number of amides is 1. The Morgan fingerprint density at radius 3 is 2.48 bits per heavy atom. The molecule has 2 aromatic rings. The van der Waals surface area contributed by atoms with Crippen molar-refractivity contribution in [1.29, 1.82) is 0 Å². The van der Waals surface area contributed by atoms with E-state index in [2.05, 4.69) is 21.2 Å². The predicted octanol–water partition coefficient (Wildman–Crippen LogP) is 3.49. The van der Waals surface area contributed by atoms with Gasteiger partial charge in [0.2, 0.25) is 0 Å². The quantitative estimate of drug-likeness (QED) is 0.859. The van der Waals surface area contributed by atoms with Gasteiger partial charge in [-0.2, -0.15) is 5.01 Å². The summed E-state index contributed by atoms with van der Waals surface area (Å²) in [5, 5.41) is 7.01. The predicted molar refractivity (Wildman–Crippen MR) is 86.8 cm³/mol. The number of nitrogens with one attached hydrogen (secondary N) is 1. The lowest BCUT2D eigenvalue weighted by atomic mass is 10.1. The third-order valence-electron chi connectivity index (χ3n) is 3.79. The summed E-state index contributed by atoms with van der Waals surface area (Å²) in [4.78, 5) is 12.5. The van der Waals surface area contributed by atoms with E-state index in [1.54, 1.807) is 12.1 Å². The van der Waals surface area contributed by atoms with Crippen molar-refractivity contribution < 1.29 is 4.79 Å². The summed E-state index contributed by atoms with van der Waals surface area (Å²) >= 11 is 3.59. The second-order valence-electron chi connectivity index (χ2n) is 5.02. The molecule has 0 bridgehead atoms. The highest BCUT2D eigenvalue weighted by atomic mass is 79.9. The van der Waals surface area contributed by atoms with Crippen molar-refractivity contribution in [2.45, 2.75) is 6.17 Å². The van der Waals surface area contributed by atoms with Crippen LogP contribution >= 0.6 is 15.9 Å². The topological polar surface area (TPSA) is 35.6 Å². The first-order chi connectivity index (χ1) is 10.1. The fraction of sp³-hybridized carbons (Fsp3) is 0.188. The number of halogens is 1. The number of fused-ring (bicyclic) bond motifs is 1. The lowest BCUT2D eigenvalue weighted by Gasteiger charge is -2.33. The van der Waals surface area contributed by atoms with E-state index in [1.807, 2.05) is 60.6 Å². The molecule has 2 aromatic carbocycles. The summed E-state index contributed by atoms with van der Waals surface area (Å²) in [5.41, 5.74) is 2.61. The zero-order chi connectivity index (χ0) is 15.0. The highest BCUT2D eigenvalue weighted by Gasteiger charge is 2.30. The second-order valence-corrected chi connectivity index (χ2v) is 5.87. The Morgan fingerprint density at radius 2 is 1.71 bits per heavy atom. The van der Waals surface area contributed by atoms with Gasteiger partial charge < -0.3 is 5.32 Å². The van der Waals surface area contributed by atoms with Crippen LogP contribution in [0.15, 0.2) is 53.0 Å². The largest absolute Gasteiger partial charge is 0.364 e. The molecule has 5 heteroatoms. The van der Waals surface area contributed by atoms with Crippen LogP contribution in [0.4, 0.5) is 5.69 Å². The molecule has 21 heavy (non-hydrogen) atoms. The van der Waals surface area contributed by atoms with Gasteiger partial charge in [-0.1, -0.05) is 46.3 Å². The van der Waals surface area contributed by atoms with Crippen molar-refractivity contribution in [3.8, 4) is 0 Å². The minimum absolute atomic E-state index is 0.0184. The summed E-state index contributed by atoms with van der Waals surface area (Å²) in [6.07, 6.45) is -0.127. The number of benzene rings is 2. The molecule has 1 heterocycles. The van der Waals surface area contributed by atoms with E-state index in [9.17, 15) is 4.79 Å². The van der Waals surface area contributed by atoms with E-state index in [4.69, 9.17) is 0 Å². The number of para-hydroxylation sites is 1. The Morgan fingerprint density at radius 1 is 1.05 bits per heavy atom. The van der Waals surface area contributed by atoms with Crippen LogP contribution < -0.4 is 5.32 Å². The molecule has 1 amide bonds. The normalized spacial score (nSPS) is 18.9. The molecule has 0 saturated carbocycles. The molecular weight excluding hydrogens is 330 g/mol. The summed E-state index contributed by atoms with van der Waals surface area (Å²) < 4.78 is 1.01. The van der Waals surface area contributed by atoms with E-state index in [0.29, 0.717) is 5.56 Å². The Bertz CT molecular complexity index is 689. The first-order valence-electron chi connectivity index (χ1n) is 6.70. The van der Waals surface area contributed by atoms with Gasteiger partial charge >= 0.3 is 0 Å². The first kappa shape index (κ1) is 14.1. The number of hydrogen-bond acceptors (Lipinski definition) is 3. The number of nitrogens with zero attached hydrogens (tertiary/aromatic N) is 2. The van der Waals surface area contributed by atoms with E-state index in [0.717, 1.165) is 15.7 Å². The van der Waals surface area contributed by atoms with Crippen molar-refractivity contribution >= 4 is 27.5 Å². The summed E-state index contributed by atoms with van der Waals surface area (Å²) in [7, 11) is 3.69. The minimum Gasteiger partial charge on any atom is -0.364 e. The molecule has 1 unspecified atom stereocenters. The maximum absolute atomic E-state index is 12.5. The molecule has 0 aromatic heterocycles. The maximum Gasteiger partial charge on any atom is 0.270 e. The van der Waals surface area contributed by atoms with Gasteiger partial charge in [0.15, 0.2) is 0 Å². The van der Waals surface area contributed by atoms with Gasteiger partial charge in [0.25, 0.3) is 5.91 Å². The molecule has 0 aliphatic carbocycles. The number of hydrazine groups is 1. The molecule has 3 rings (SSSR count). The number of hydrogen-bond donors (Lipinski definition) is 1. The summed E-state index contributed by atoms with van der Waals surface area (Å²) in [6, 6.07) is 15.6. The van der Waals surface area contributed by atoms with Gasteiger partial charge in [0, 0.05) is 29.8 Å². The fourth-order valence-corrected chi connectivity index (χ4v) is 3.00. The third-order valence-corrected chi connectivity index (χ3v) is 4.51. The van der Waals surface area contributed by atoms with Crippen LogP contribution in [0.3, 0.4) is 0 Å². The zero-order valence-electron chi connectivity index (χ0n) is 11.9. The Labute approximate surface area is 132 Å². The molecule has 1 aliphatic rings. The smallest absolute Gasteiger partial charge is 0.270 e. The van der Waals surface area contributed by atoms with Crippen molar-refractivity contribution in [1.82, 2.24) is 10.0 Å². The van der Waals surface area contributed by atoms with Gasteiger partial charge in [-0.15, -0.1) is 0 Å². The van der Waals surface area contributed by atoms with Gasteiger partial charge in [-0.05, 0) is 18.2 Å². The minimum atomic E-state index is -0.127. The molecule has 0 saturated heterocycles. The van der Waals surface area contributed by atoms with Gasteiger partial charge in [0.05, 0.1) is 5.56 Å². The van der Waals surface area contributed by atoms with Crippen molar-refractivity contribution in [3.63, 3.8) is 0 Å². The van der Waals surface area contributed by atoms with E-state index in [1.165, 1.54) is 0 Å². The van der Waals surface area contributed by atoms with Crippen LogP contribution in [0.1, 0.15) is 22.1 Å². The average Bonchev–Trinajstić information content (AvgIpc) is 2.59. The molecular formula is C16H16BrN3O. The van der Waals surface area contributed by atoms with Crippen molar-refractivity contribution in [2.75, 3.05) is 19.4 Å². The highest BCUT2D eigenvalue weighted by Crippen LogP contribution is 2.33. The van der Waals surface area contributed by atoms with Crippen molar-refractivity contribution in [2.24, 2.45) is 0 Å². The Kier molecular flexibility index (Phi) is 3.69. The van der Waals surface area contributed by atoms with E-state index >= 15 is 0 Å². The molecule has 0 fully saturated rings. The number of carbonyl (C=O) groups excluding carboxylic acids is 1. The number of rotatable bonds is 1. The van der Waals surface area contributed by atoms with Crippen LogP contribution in [0.2, 0.25) is 0 Å². The van der Waals surface area contributed by atoms with Crippen LogP contribution in [0.25, 0.3) is 0 Å². The van der Waals surface area contributed by atoms with Gasteiger partial charge in [-0.25, -0.2) is 0 Å². The van der Waals surface area contributed by atoms with Gasteiger partial charge in [0.1, 0.15) is 6.17 Å². The SMILES string of the molecule is CN1C(=O)c2ccccc2NC(c2ccccc2Br)N1C. The van der Waals surface area contributed by atoms with Crippen molar-refractivity contribution in [3.05, 3.63) is 64.1 Å². The number of carbonyl (C=O) groups is 1. The lowest BCUT2D eigenvalue weighted by Crippen LogP contribution is -2.43. The molecule has 108 valence electrons. The molecule has 4 nitrogen and oxygen atoms in total. The van der Waals surface area contributed by atoms with Crippen LogP contribution in [-0.4, -0.2) is 30.0 Å². The standard InChI is InChI=1S/C16H16BrN3O/c1-19-15(11-7-3-5-9-13(11)17)18-14-10-6-4-8-12(14)16(21)20(19)2/h3-10,15,18H,1-2H3. The van der Waals surface area contributed by atoms with E-state index in [-0.39, 0.29) is 12.1 Å². The number of anilines is 1. The average molecular weight is 346 g/mol. The molecule has 0 spiro atoms. The molecule has 1 aliphatic heterocycles. The second kappa shape index (κ2) is 5.50. The molecule has 1 N–H and O–H groups in total. The third kappa shape index (κ3) is 2.43. The van der Waals surface area contributed by atoms with Crippen LogP contribution in [0.5, 0.6) is 0 Å². The fourth-order valence-electron chi connectivity index (χ4n) is 2.50. The Hall–Kier alpha value is -1.85. The Balaban J connectivity index is 2.11. The maximum atomic E-state index is 12.5. The lowest BCUT2D eigenvalue weighted by molar-refractivity contribution is 0.00478.